The van der Waals surface area contributed by atoms with Crippen LogP contribution in [0, 0.1) is 0 Å². The van der Waals surface area contributed by atoms with Gasteiger partial charge in [-0.3, -0.25) is 0 Å². The highest BCUT2D eigenvalue weighted by molar-refractivity contribution is 7.15. The predicted octanol–water partition coefficient (Wildman–Crippen LogP) is 3.10. The molecular weight excluding hydrogens is 262 g/mol. The van der Waals surface area contributed by atoms with E-state index in [2.05, 4.69) is 4.98 Å². The fourth-order valence-electron chi connectivity index (χ4n) is 1.47. The van der Waals surface area contributed by atoms with Gasteiger partial charge in [-0.2, -0.15) is 0 Å². The van der Waals surface area contributed by atoms with E-state index in [1.54, 1.807) is 6.20 Å². The number of hydrogen-bond acceptors (Lipinski definition) is 5. The Morgan fingerprint density at radius 3 is 3.06 bits per heavy atom. The molecule has 1 aliphatic rings. The third-order valence-electron chi connectivity index (χ3n) is 2.25. The van der Waals surface area contributed by atoms with E-state index in [4.69, 9.17) is 25.8 Å². The van der Waals surface area contributed by atoms with Crippen molar-refractivity contribution in [2.24, 2.45) is 0 Å². The van der Waals surface area contributed by atoms with Crippen molar-refractivity contribution >= 4 is 22.9 Å². The second-order valence-electron chi connectivity index (χ2n) is 3.38. The number of rotatable bonds is 3. The van der Waals surface area contributed by atoms with Crippen molar-refractivity contribution in [3.8, 4) is 17.2 Å². The van der Waals surface area contributed by atoms with Crippen LogP contribution in [0.5, 0.6) is 17.2 Å². The summed E-state index contributed by atoms with van der Waals surface area (Å²) < 4.78 is 16.6. The van der Waals surface area contributed by atoms with Crippen molar-refractivity contribution in [3.63, 3.8) is 0 Å². The summed E-state index contributed by atoms with van der Waals surface area (Å²) in [5, 5.41) is 0. The lowest BCUT2D eigenvalue weighted by molar-refractivity contribution is 0.173. The minimum atomic E-state index is 0.267. The van der Waals surface area contributed by atoms with Crippen molar-refractivity contribution < 1.29 is 14.2 Å². The molecule has 0 fully saturated rings. The molecule has 88 valence electrons. The van der Waals surface area contributed by atoms with Crippen molar-refractivity contribution in [3.05, 3.63) is 33.7 Å². The number of aromatic nitrogens is 1. The standard InChI is InChI=1S/C11H8ClNO3S/c12-11-13-4-8(17-11)5-14-7-1-2-9-10(3-7)16-6-15-9/h1-4H,5-6H2. The van der Waals surface area contributed by atoms with Gasteiger partial charge in [0.15, 0.2) is 16.0 Å². The monoisotopic (exact) mass is 269 g/mol. The van der Waals surface area contributed by atoms with E-state index in [9.17, 15) is 0 Å². The van der Waals surface area contributed by atoms with Gasteiger partial charge < -0.3 is 14.2 Å². The van der Waals surface area contributed by atoms with Crippen LogP contribution in [-0.4, -0.2) is 11.8 Å². The van der Waals surface area contributed by atoms with E-state index >= 15 is 0 Å². The van der Waals surface area contributed by atoms with Gasteiger partial charge in [-0.05, 0) is 12.1 Å². The van der Waals surface area contributed by atoms with E-state index in [1.165, 1.54) is 11.3 Å². The second-order valence-corrected chi connectivity index (χ2v) is 5.08. The van der Waals surface area contributed by atoms with E-state index in [1.807, 2.05) is 18.2 Å². The Bertz CT molecular complexity index is 543. The molecule has 0 amide bonds. The summed E-state index contributed by atoms with van der Waals surface area (Å²) in [7, 11) is 0. The maximum atomic E-state index is 5.73. The highest BCUT2D eigenvalue weighted by Crippen LogP contribution is 2.35. The highest BCUT2D eigenvalue weighted by atomic mass is 35.5. The first-order valence-corrected chi connectivity index (χ1v) is 6.13. The van der Waals surface area contributed by atoms with Crippen molar-refractivity contribution in [2.45, 2.75) is 6.61 Å². The molecule has 17 heavy (non-hydrogen) atoms. The zero-order chi connectivity index (χ0) is 11.7. The van der Waals surface area contributed by atoms with E-state index in [-0.39, 0.29) is 6.79 Å². The van der Waals surface area contributed by atoms with Crippen molar-refractivity contribution in [2.75, 3.05) is 6.79 Å². The van der Waals surface area contributed by atoms with Gasteiger partial charge in [-0.15, -0.1) is 11.3 Å². The summed E-state index contributed by atoms with van der Waals surface area (Å²) in [6.45, 7) is 0.716. The molecule has 1 aliphatic heterocycles. The lowest BCUT2D eigenvalue weighted by Crippen LogP contribution is -1.93. The maximum absolute atomic E-state index is 5.73. The summed E-state index contributed by atoms with van der Waals surface area (Å²) in [6.07, 6.45) is 1.71. The van der Waals surface area contributed by atoms with E-state index in [0.29, 0.717) is 16.8 Å². The Hall–Kier alpha value is -1.46. The molecule has 3 rings (SSSR count). The largest absolute Gasteiger partial charge is 0.488 e. The Morgan fingerprint density at radius 1 is 1.35 bits per heavy atom. The summed E-state index contributed by atoms with van der Waals surface area (Å²) in [5.41, 5.74) is 0. The fraction of sp³-hybridized carbons (Fsp3) is 0.182. The average Bonchev–Trinajstić information content (AvgIpc) is 2.94. The van der Waals surface area contributed by atoms with Gasteiger partial charge in [0.2, 0.25) is 6.79 Å². The van der Waals surface area contributed by atoms with Gasteiger partial charge >= 0.3 is 0 Å². The quantitative estimate of drug-likeness (QED) is 0.858. The fourth-order valence-corrected chi connectivity index (χ4v) is 2.36. The first-order chi connectivity index (χ1) is 8.31. The molecule has 0 saturated heterocycles. The number of fused-ring (bicyclic) bond motifs is 1. The highest BCUT2D eigenvalue weighted by Gasteiger charge is 2.13. The predicted molar refractivity (Wildman–Crippen MR) is 64.0 cm³/mol. The van der Waals surface area contributed by atoms with Crippen molar-refractivity contribution in [1.29, 1.82) is 0 Å². The molecule has 2 heterocycles. The third kappa shape index (κ3) is 2.30. The topological polar surface area (TPSA) is 40.6 Å². The number of thiazole rings is 1. The SMILES string of the molecule is Clc1ncc(COc2ccc3c(c2)OCO3)s1. The number of ether oxygens (including phenoxy) is 3. The molecule has 1 aromatic heterocycles. The Balaban J connectivity index is 1.69. The Morgan fingerprint density at radius 2 is 2.24 bits per heavy atom. The number of halogens is 1. The lowest BCUT2D eigenvalue weighted by Gasteiger charge is -2.04. The molecule has 6 heteroatoms. The van der Waals surface area contributed by atoms with Crippen LogP contribution < -0.4 is 14.2 Å². The lowest BCUT2D eigenvalue weighted by atomic mass is 10.3. The number of nitrogens with zero attached hydrogens (tertiary/aromatic N) is 1. The molecule has 4 nitrogen and oxygen atoms in total. The zero-order valence-corrected chi connectivity index (χ0v) is 10.3. The van der Waals surface area contributed by atoms with Gasteiger partial charge in [0.05, 0.1) is 4.88 Å². The maximum Gasteiger partial charge on any atom is 0.231 e. The van der Waals surface area contributed by atoms with E-state index < -0.39 is 0 Å². The van der Waals surface area contributed by atoms with Gasteiger partial charge in [-0.25, -0.2) is 4.98 Å². The molecule has 0 aliphatic carbocycles. The molecule has 0 N–H and O–H groups in total. The van der Waals surface area contributed by atoms with Gasteiger partial charge in [0.25, 0.3) is 0 Å². The molecule has 0 atom stereocenters. The minimum Gasteiger partial charge on any atom is -0.488 e. The zero-order valence-electron chi connectivity index (χ0n) is 8.68. The van der Waals surface area contributed by atoms with Crippen LogP contribution >= 0.6 is 22.9 Å². The Labute approximate surface area is 107 Å². The summed E-state index contributed by atoms with van der Waals surface area (Å²) >= 11 is 7.14. The number of hydrogen-bond donors (Lipinski definition) is 0. The molecular formula is C11H8ClNO3S. The van der Waals surface area contributed by atoms with E-state index in [0.717, 1.165) is 16.4 Å². The summed E-state index contributed by atoms with van der Waals surface area (Å²) in [6, 6.07) is 5.48. The van der Waals surface area contributed by atoms with Crippen molar-refractivity contribution in [1.82, 2.24) is 4.98 Å². The molecule has 0 spiro atoms. The van der Waals surface area contributed by atoms with Crippen LogP contribution in [0.4, 0.5) is 0 Å². The smallest absolute Gasteiger partial charge is 0.231 e. The molecule has 0 radical (unpaired) electrons. The van der Waals surface area contributed by atoms with Crippen LogP contribution in [0.3, 0.4) is 0 Å². The van der Waals surface area contributed by atoms with Crippen LogP contribution in [0.2, 0.25) is 4.47 Å². The van der Waals surface area contributed by atoms with Crippen LogP contribution in [0.1, 0.15) is 4.88 Å². The summed E-state index contributed by atoms with van der Waals surface area (Å²) in [4.78, 5) is 4.93. The molecule has 0 saturated carbocycles. The summed E-state index contributed by atoms with van der Waals surface area (Å²) in [5.74, 6) is 2.20. The van der Waals surface area contributed by atoms with Crippen LogP contribution in [-0.2, 0) is 6.61 Å². The van der Waals surface area contributed by atoms with Crippen LogP contribution in [0.25, 0.3) is 0 Å². The van der Waals surface area contributed by atoms with Gasteiger partial charge in [-0.1, -0.05) is 11.6 Å². The normalized spacial score (nSPS) is 12.8. The first kappa shape index (κ1) is 10.7. The second kappa shape index (κ2) is 4.43. The minimum absolute atomic E-state index is 0.267. The Kier molecular flexibility index (Phi) is 2.78. The van der Waals surface area contributed by atoms with Gasteiger partial charge in [0, 0.05) is 12.3 Å². The molecule has 1 aromatic carbocycles. The third-order valence-corrected chi connectivity index (χ3v) is 3.34. The van der Waals surface area contributed by atoms with Crippen LogP contribution in [0.15, 0.2) is 24.4 Å². The first-order valence-electron chi connectivity index (χ1n) is 4.94. The van der Waals surface area contributed by atoms with Gasteiger partial charge in [0.1, 0.15) is 12.4 Å². The average molecular weight is 270 g/mol. The molecule has 2 aromatic rings. The number of benzene rings is 1. The molecule has 0 unspecified atom stereocenters. The molecule has 0 bridgehead atoms.